The van der Waals surface area contributed by atoms with E-state index >= 15 is 0 Å². The topological polar surface area (TPSA) is 83.3 Å². The van der Waals surface area contributed by atoms with E-state index in [2.05, 4.69) is 15.0 Å². The van der Waals surface area contributed by atoms with Crippen molar-refractivity contribution in [2.45, 2.75) is 34.1 Å². The number of carbonyl (C=O) groups is 2. The number of hydrogen-bond acceptors (Lipinski definition) is 6. The summed E-state index contributed by atoms with van der Waals surface area (Å²) in [4.78, 5) is 30.6. The molecular formula is C15H18BN3O4. The van der Waals surface area contributed by atoms with Crippen LogP contribution in [0.15, 0.2) is 24.3 Å². The monoisotopic (exact) mass is 315 g/mol. The van der Waals surface area contributed by atoms with Gasteiger partial charge in [-0.1, -0.05) is 17.0 Å². The van der Waals surface area contributed by atoms with Crippen LogP contribution in [0.2, 0.25) is 0 Å². The lowest BCUT2D eigenvalue weighted by atomic mass is 9.75. The molecule has 0 unspecified atom stereocenters. The number of hydrogen-bond donors (Lipinski definition) is 0. The Labute approximate surface area is 135 Å². The SMILES string of the molecule is [B]OC(=O)C(C)(C)CC(C)(C)C(=O)On1nnc2ccccc21. The zero-order valence-corrected chi connectivity index (χ0v) is 13.6. The third-order valence-electron chi connectivity index (χ3n) is 3.59. The Morgan fingerprint density at radius 2 is 1.74 bits per heavy atom. The van der Waals surface area contributed by atoms with Crippen LogP contribution in [0.5, 0.6) is 0 Å². The molecule has 0 aliphatic heterocycles. The first kappa shape index (κ1) is 17.0. The first-order valence-corrected chi connectivity index (χ1v) is 7.12. The summed E-state index contributed by atoms with van der Waals surface area (Å²) in [5, 5.41) is 7.72. The Bertz CT molecular complexity index is 739. The van der Waals surface area contributed by atoms with Crippen molar-refractivity contribution in [3.8, 4) is 0 Å². The Hall–Kier alpha value is -2.38. The molecule has 1 aromatic carbocycles. The van der Waals surface area contributed by atoms with Gasteiger partial charge < -0.3 is 9.49 Å². The van der Waals surface area contributed by atoms with E-state index in [-0.39, 0.29) is 6.42 Å². The molecule has 0 amide bonds. The van der Waals surface area contributed by atoms with Crippen molar-refractivity contribution < 1.29 is 19.1 Å². The number of rotatable bonds is 5. The van der Waals surface area contributed by atoms with Crippen molar-refractivity contribution in [3.05, 3.63) is 24.3 Å². The fraction of sp³-hybridized carbons (Fsp3) is 0.467. The summed E-state index contributed by atoms with van der Waals surface area (Å²) in [6, 6.07) is 7.11. The average Bonchev–Trinajstić information content (AvgIpc) is 2.88. The van der Waals surface area contributed by atoms with E-state index in [1.54, 1.807) is 45.9 Å². The molecule has 23 heavy (non-hydrogen) atoms. The highest BCUT2D eigenvalue weighted by Gasteiger charge is 2.41. The molecule has 0 atom stereocenters. The van der Waals surface area contributed by atoms with Gasteiger partial charge in [0.1, 0.15) is 11.0 Å². The molecule has 0 N–H and O–H groups in total. The Balaban J connectivity index is 2.17. The summed E-state index contributed by atoms with van der Waals surface area (Å²) < 4.78 is 4.29. The smallest absolute Gasteiger partial charge is 0.378 e. The normalized spacial score (nSPS) is 12.2. The summed E-state index contributed by atoms with van der Waals surface area (Å²) in [5.74, 6) is -1.13. The number of benzene rings is 1. The molecule has 0 aliphatic rings. The highest BCUT2D eigenvalue weighted by molar-refractivity contribution is 6.06. The zero-order valence-electron chi connectivity index (χ0n) is 13.6. The molecule has 0 fully saturated rings. The van der Waals surface area contributed by atoms with Gasteiger partial charge >= 0.3 is 14.0 Å². The summed E-state index contributed by atoms with van der Waals surface area (Å²) in [6.07, 6.45) is 0.196. The maximum atomic E-state index is 12.5. The van der Waals surface area contributed by atoms with Crippen molar-refractivity contribution in [1.82, 2.24) is 15.2 Å². The Morgan fingerprint density at radius 1 is 1.13 bits per heavy atom. The summed E-state index contributed by atoms with van der Waals surface area (Å²) in [7, 11) is 4.94. The van der Waals surface area contributed by atoms with Crippen LogP contribution in [0, 0.1) is 10.8 Å². The van der Waals surface area contributed by atoms with Crippen LogP contribution in [0.25, 0.3) is 11.0 Å². The molecule has 2 rings (SSSR count). The lowest BCUT2D eigenvalue weighted by molar-refractivity contribution is -0.159. The average molecular weight is 315 g/mol. The third-order valence-corrected chi connectivity index (χ3v) is 3.59. The van der Waals surface area contributed by atoms with E-state index in [0.717, 1.165) is 4.85 Å². The quantitative estimate of drug-likeness (QED) is 0.613. The number of nitrogens with zero attached hydrogens (tertiary/aromatic N) is 3. The van der Waals surface area contributed by atoms with Crippen LogP contribution in [0.3, 0.4) is 0 Å². The minimum atomic E-state index is -0.954. The van der Waals surface area contributed by atoms with Gasteiger partial charge in [0.15, 0.2) is 0 Å². The van der Waals surface area contributed by atoms with E-state index in [1.165, 1.54) is 0 Å². The van der Waals surface area contributed by atoms with Crippen LogP contribution < -0.4 is 4.84 Å². The predicted molar refractivity (Wildman–Crippen MR) is 83.1 cm³/mol. The Morgan fingerprint density at radius 3 is 2.39 bits per heavy atom. The van der Waals surface area contributed by atoms with Gasteiger partial charge in [0.25, 0.3) is 5.97 Å². The van der Waals surface area contributed by atoms with Gasteiger partial charge in [-0.3, -0.25) is 4.79 Å². The Kier molecular flexibility index (Phi) is 4.45. The number of aromatic nitrogens is 3. The van der Waals surface area contributed by atoms with Gasteiger partial charge in [-0.05, 0) is 51.5 Å². The first-order chi connectivity index (χ1) is 10.7. The molecule has 1 heterocycles. The number of carbonyl (C=O) groups excluding carboxylic acids is 2. The molecule has 7 nitrogen and oxygen atoms in total. The van der Waals surface area contributed by atoms with Crippen LogP contribution in [-0.4, -0.2) is 35.1 Å². The van der Waals surface area contributed by atoms with Crippen LogP contribution in [-0.2, 0) is 14.2 Å². The third kappa shape index (κ3) is 3.52. The molecule has 8 heteroatoms. The van der Waals surface area contributed by atoms with Gasteiger partial charge in [-0.25, -0.2) is 4.79 Å². The molecule has 0 spiro atoms. The van der Waals surface area contributed by atoms with E-state index < -0.39 is 22.8 Å². The number of para-hydroxylation sites is 1. The van der Waals surface area contributed by atoms with Crippen LogP contribution in [0.4, 0.5) is 0 Å². The molecule has 0 aliphatic carbocycles. The fourth-order valence-corrected chi connectivity index (χ4v) is 2.53. The van der Waals surface area contributed by atoms with E-state index in [4.69, 9.17) is 12.9 Å². The second-order valence-electron chi connectivity index (χ2n) is 6.68. The van der Waals surface area contributed by atoms with Gasteiger partial charge in [0.2, 0.25) is 0 Å². The van der Waals surface area contributed by atoms with Gasteiger partial charge in [-0.2, -0.15) is 0 Å². The lowest BCUT2D eigenvalue weighted by Crippen LogP contribution is -2.40. The van der Waals surface area contributed by atoms with Crippen LogP contribution >= 0.6 is 0 Å². The molecule has 0 saturated heterocycles. The second kappa shape index (κ2) is 6.02. The van der Waals surface area contributed by atoms with Crippen molar-refractivity contribution in [1.29, 1.82) is 0 Å². The zero-order chi connectivity index (χ0) is 17.3. The van der Waals surface area contributed by atoms with Gasteiger partial charge in [0.05, 0.1) is 10.8 Å². The largest absolute Gasteiger partial charge is 0.543 e. The molecular weight excluding hydrogens is 297 g/mol. The first-order valence-electron chi connectivity index (χ1n) is 7.12. The van der Waals surface area contributed by atoms with Crippen molar-refractivity contribution in [3.63, 3.8) is 0 Å². The summed E-state index contributed by atoms with van der Waals surface area (Å²) in [5.41, 5.74) is -0.686. The summed E-state index contributed by atoms with van der Waals surface area (Å²) in [6.45, 7) is 6.67. The van der Waals surface area contributed by atoms with E-state index in [0.29, 0.717) is 11.0 Å². The predicted octanol–water partition coefficient (Wildman–Crippen LogP) is 1.46. The second-order valence-corrected chi connectivity index (χ2v) is 6.68. The van der Waals surface area contributed by atoms with Gasteiger partial charge in [-0.15, -0.1) is 5.10 Å². The standard InChI is InChI=1S/C15H18BN3O4/c1-14(2,12(20)22-16)9-15(3,4)13(21)23-19-11-8-6-5-7-10(11)17-18-19/h5-8H,9H2,1-4H3. The van der Waals surface area contributed by atoms with Crippen molar-refractivity contribution >= 4 is 31.0 Å². The van der Waals surface area contributed by atoms with Crippen molar-refractivity contribution in [2.75, 3.05) is 0 Å². The molecule has 2 aromatic rings. The molecule has 0 saturated carbocycles. The molecule has 0 bridgehead atoms. The fourth-order valence-electron chi connectivity index (χ4n) is 2.53. The maximum absolute atomic E-state index is 12.5. The number of fused-ring (bicyclic) bond motifs is 1. The lowest BCUT2D eigenvalue weighted by Gasteiger charge is -2.30. The highest BCUT2D eigenvalue weighted by Crippen LogP contribution is 2.35. The maximum Gasteiger partial charge on any atom is 0.378 e. The van der Waals surface area contributed by atoms with Crippen LogP contribution in [0.1, 0.15) is 34.1 Å². The molecule has 120 valence electrons. The molecule has 1 aromatic heterocycles. The highest BCUT2D eigenvalue weighted by atomic mass is 16.7. The van der Waals surface area contributed by atoms with E-state index in [1.807, 2.05) is 6.07 Å². The van der Waals surface area contributed by atoms with E-state index in [9.17, 15) is 9.59 Å². The summed E-state index contributed by atoms with van der Waals surface area (Å²) >= 11 is 0. The molecule has 2 radical (unpaired) electrons. The van der Waals surface area contributed by atoms with Gasteiger partial charge in [0, 0.05) is 0 Å². The van der Waals surface area contributed by atoms with Crippen molar-refractivity contribution in [2.24, 2.45) is 10.8 Å². The minimum Gasteiger partial charge on any atom is -0.543 e. The minimum absolute atomic E-state index is 0.196.